The molecule has 1 saturated heterocycles. The number of carbonyl (C=O) groups excluding carboxylic acids is 2. The van der Waals surface area contributed by atoms with Crippen molar-refractivity contribution in [3.05, 3.63) is 76.1 Å². The molecule has 0 unspecified atom stereocenters. The van der Waals surface area contributed by atoms with E-state index in [-0.39, 0.29) is 5.91 Å². The molecule has 234 valence electrons. The van der Waals surface area contributed by atoms with Crippen LogP contribution in [0.1, 0.15) is 75.1 Å². The molecule has 0 atom stereocenters. The van der Waals surface area contributed by atoms with Crippen LogP contribution < -0.4 is 0 Å². The predicted octanol–water partition coefficient (Wildman–Crippen LogP) is 7.84. The van der Waals surface area contributed by atoms with Crippen molar-refractivity contribution in [1.29, 1.82) is 0 Å². The number of methoxy groups -OCH3 is 1. The number of thiazole rings is 1. The summed E-state index contributed by atoms with van der Waals surface area (Å²) < 4.78 is 12.8. The standard InChI is InChI=1S/C37H36N4O4S/c1-21-35(46-22(2)38-21)29-12-10-24-17-28-26(18-30(24)39-29)20-32(36(42)40-13-15-45-16-14-40)41-31-19-25(37(43)44-3)9-11-27(31)33(34(28)41)23-7-5-4-6-8-23/h9-12,17-20,23H,4-8,13-16H2,1-3H3. The maximum atomic E-state index is 14.4. The van der Waals surface area contributed by atoms with Gasteiger partial charge in [-0.2, -0.15) is 0 Å². The van der Waals surface area contributed by atoms with Gasteiger partial charge in [0.15, 0.2) is 0 Å². The summed E-state index contributed by atoms with van der Waals surface area (Å²) in [5.41, 5.74) is 7.02. The maximum absolute atomic E-state index is 14.4. The van der Waals surface area contributed by atoms with Gasteiger partial charge in [-0.25, -0.2) is 14.8 Å². The van der Waals surface area contributed by atoms with E-state index >= 15 is 0 Å². The van der Waals surface area contributed by atoms with E-state index in [1.807, 2.05) is 36.9 Å². The molecule has 6 aromatic rings. The van der Waals surface area contributed by atoms with Crippen molar-refractivity contribution in [2.24, 2.45) is 0 Å². The fourth-order valence-electron chi connectivity index (χ4n) is 7.58. The highest BCUT2D eigenvalue weighted by atomic mass is 32.1. The second kappa shape index (κ2) is 11.5. The average Bonchev–Trinajstić information content (AvgIpc) is 3.62. The van der Waals surface area contributed by atoms with Crippen molar-refractivity contribution in [3.8, 4) is 10.6 Å². The van der Waals surface area contributed by atoms with Crippen LogP contribution in [0.2, 0.25) is 0 Å². The SMILES string of the molecule is COC(=O)c1ccc2c(C3CCCCC3)c3c4cc5ccc(-c6sc(C)nc6C)nc5cc4cc(C(=O)N4CCOCC4)n3c2c1. The van der Waals surface area contributed by atoms with Crippen LogP contribution in [0.5, 0.6) is 0 Å². The normalized spacial score (nSPS) is 16.2. The van der Waals surface area contributed by atoms with Gasteiger partial charge in [-0.3, -0.25) is 4.79 Å². The molecule has 1 saturated carbocycles. The number of fused-ring (bicyclic) bond motifs is 6. The Morgan fingerprint density at radius 2 is 1.72 bits per heavy atom. The molecular weight excluding hydrogens is 596 g/mol. The van der Waals surface area contributed by atoms with Crippen molar-refractivity contribution in [2.75, 3.05) is 33.4 Å². The molecule has 4 aromatic heterocycles. The fourth-order valence-corrected chi connectivity index (χ4v) is 8.47. The van der Waals surface area contributed by atoms with Crippen molar-refractivity contribution in [3.63, 3.8) is 0 Å². The highest BCUT2D eigenvalue weighted by Crippen LogP contribution is 2.44. The third kappa shape index (κ3) is 4.75. The Morgan fingerprint density at radius 3 is 2.46 bits per heavy atom. The Kier molecular flexibility index (Phi) is 7.26. The summed E-state index contributed by atoms with van der Waals surface area (Å²) in [6.45, 7) is 6.16. The lowest BCUT2D eigenvalue weighted by molar-refractivity contribution is 0.0298. The number of amides is 1. The van der Waals surface area contributed by atoms with Gasteiger partial charge >= 0.3 is 5.97 Å². The zero-order chi connectivity index (χ0) is 31.5. The van der Waals surface area contributed by atoms with Crippen LogP contribution in [0.3, 0.4) is 0 Å². The first-order chi connectivity index (χ1) is 22.4. The Hall–Kier alpha value is -4.34. The third-order valence-corrected chi connectivity index (χ3v) is 10.8. The zero-order valence-corrected chi connectivity index (χ0v) is 27.2. The Balaban J connectivity index is 1.46. The molecule has 0 spiro atoms. The van der Waals surface area contributed by atoms with E-state index in [0.717, 1.165) is 72.2 Å². The number of aromatic nitrogens is 3. The highest BCUT2D eigenvalue weighted by molar-refractivity contribution is 7.15. The van der Waals surface area contributed by atoms with Gasteiger partial charge in [0.25, 0.3) is 5.91 Å². The molecule has 2 aromatic carbocycles. The van der Waals surface area contributed by atoms with Crippen LogP contribution in [-0.2, 0) is 9.47 Å². The van der Waals surface area contributed by atoms with Crippen molar-refractivity contribution in [1.82, 2.24) is 19.3 Å². The first-order valence-electron chi connectivity index (χ1n) is 16.2. The number of aryl methyl sites for hydroxylation is 2. The third-order valence-electron chi connectivity index (χ3n) is 9.74. The first kappa shape index (κ1) is 29.1. The number of hydrogen-bond acceptors (Lipinski definition) is 7. The molecule has 0 N–H and O–H groups in total. The number of pyridine rings is 2. The Bertz CT molecular complexity index is 2190. The summed E-state index contributed by atoms with van der Waals surface area (Å²) in [5.74, 6) is -0.0728. The molecule has 2 fully saturated rings. The summed E-state index contributed by atoms with van der Waals surface area (Å²) in [5, 5.41) is 5.22. The number of benzene rings is 2. The Labute approximate surface area is 271 Å². The van der Waals surface area contributed by atoms with Crippen molar-refractivity contribution >= 4 is 61.3 Å². The molecule has 8 nitrogen and oxygen atoms in total. The summed E-state index contributed by atoms with van der Waals surface area (Å²) in [4.78, 5) is 39.9. The van der Waals surface area contributed by atoms with E-state index in [1.165, 1.54) is 31.9 Å². The predicted molar refractivity (Wildman–Crippen MR) is 182 cm³/mol. The molecule has 1 aliphatic carbocycles. The zero-order valence-electron chi connectivity index (χ0n) is 26.4. The number of morpholine rings is 1. The lowest BCUT2D eigenvalue weighted by atomic mass is 9.82. The van der Waals surface area contributed by atoms with Gasteiger partial charge in [0.2, 0.25) is 0 Å². The fraction of sp³-hybridized carbons (Fsp3) is 0.351. The summed E-state index contributed by atoms with van der Waals surface area (Å²) in [7, 11) is 1.40. The molecule has 1 aliphatic heterocycles. The number of ether oxygens (including phenoxy) is 2. The van der Waals surface area contributed by atoms with Gasteiger partial charge in [-0.05, 0) is 80.0 Å². The minimum Gasteiger partial charge on any atom is -0.465 e. The number of esters is 1. The van der Waals surface area contributed by atoms with Crippen LogP contribution in [0.4, 0.5) is 0 Å². The number of carbonyl (C=O) groups is 2. The monoisotopic (exact) mass is 632 g/mol. The highest BCUT2D eigenvalue weighted by Gasteiger charge is 2.29. The second-order valence-corrected chi connectivity index (χ2v) is 13.8. The molecule has 8 rings (SSSR count). The molecular formula is C37H36N4O4S. The molecule has 1 amide bonds. The van der Waals surface area contributed by atoms with Gasteiger partial charge in [0, 0.05) is 29.2 Å². The van der Waals surface area contributed by atoms with E-state index in [9.17, 15) is 9.59 Å². The van der Waals surface area contributed by atoms with Gasteiger partial charge < -0.3 is 18.8 Å². The Morgan fingerprint density at radius 1 is 0.913 bits per heavy atom. The molecule has 0 radical (unpaired) electrons. The number of rotatable bonds is 4. The summed E-state index contributed by atoms with van der Waals surface area (Å²) in [6, 6.07) is 16.4. The van der Waals surface area contributed by atoms with Gasteiger partial charge in [0.1, 0.15) is 5.69 Å². The molecule has 9 heteroatoms. The van der Waals surface area contributed by atoms with E-state index in [2.05, 4.69) is 39.7 Å². The minimum atomic E-state index is -0.392. The van der Waals surface area contributed by atoms with E-state index in [1.54, 1.807) is 11.3 Å². The van der Waals surface area contributed by atoms with Crippen LogP contribution >= 0.6 is 11.3 Å². The van der Waals surface area contributed by atoms with Crippen LogP contribution in [0, 0.1) is 13.8 Å². The van der Waals surface area contributed by atoms with Crippen molar-refractivity contribution < 1.29 is 19.1 Å². The maximum Gasteiger partial charge on any atom is 0.337 e. The lowest BCUT2D eigenvalue weighted by Gasteiger charge is -2.27. The van der Waals surface area contributed by atoms with Crippen LogP contribution in [0.25, 0.3) is 48.7 Å². The van der Waals surface area contributed by atoms with Crippen LogP contribution in [-0.4, -0.2) is 64.6 Å². The summed E-state index contributed by atoms with van der Waals surface area (Å²) >= 11 is 1.66. The van der Waals surface area contributed by atoms with Gasteiger partial charge in [-0.1, -0.05) is 31.4 Å². The first-order valence-corrected chi connectivity index (χ1v) is 17.0. The second-order valence-electron chi connectivity index (χ2n) is 12.6. The van der Waals surface area contributed by atoms with E-state index in [4.69, 9.17) is 14.5 Å². The minimum absolute atomic E-state index is 0.0386. The molecule has 46 heavy (non-hydrogen) atoms. The van der Waals surface area contributed by atoms with Gasteiger partial charge in [-0.15, -0.1) is 11.3 Å². The summed E-state index contributed by atoms with van der Waals surface area (Å²) in [6.07, 6.45) is 5.80. The topological polar surface area (TPSA) is 86.0 Å². The average molecular weight is 633 g/mol. The number of hydrogen-bond donors (Lipinski definition) is 0. The van der Waals surface area contributed by atoms with Crippen molar-refractivity contribution in [2.45, 2.75) is 51.9 Å². The lowest BCUT2D eigenvalue weighted by Crippen LogP contribution is -2.41. The van der Waals surface area contributed by atoms with E-state index < -0.39 is 5.97 Å². The van der Waals surface area contributed by atoms with Crippen LogP contribution in [0.15, 0.2) is 48.5 Å². The largest absolute Gasteiger partial charge is 0.465 e. The molecule has 5 heterocycles. The van der Waals surface area contributed by atoms with E-state index in [0.29, 0.717) is 43.5 Å². The molecule has 2 aliphatic rings. The number of nitrogens with zero attached hydrogens (tertiary/aromatic N) is 4. The molecule has 0 bridgehead atoms. The smallest absolute Gasteiger partial charge is 0.337 e. The quantitative estimate of drug-likeness (QED) is 0.145. The van der Waals surface area contributed by atoms with Gasteiger partial charge in [0.05, 0.1) is 63.7 Å².